The lowest BCUT2D eigenvalue weighted by atomic mass is 9.86. The molecule has 3 aromatic rings. The van der Waals surface area contributed by atoms with E-state index in [9.17, 15) is 24.2 Å². The smallest absolute Gasteiger partial charge is 0.341 e. The molecule has 0 saturated heterocycles. The Morgan fingerprint density at radius 3 is 2.40 bits per heavy atom. The van der Waals surface area contributed by atoms with Crippen LogP contribution in [0.2, 0.25) is 0 Å². The van der Waals surface area contributed by atoms with Gasteiger partial charge in [-0.3, -0.25) is 4.79 Å². The molecule has 0 fully saturated rings. The van der Waals surface area contributed by atoms with E-state index < -0.39 is 17.4 Å². The first-order valence-electron chi connectivity index (χ1n) is 9.63. The van der Waals surface area contributed by atoms with Crippen molar-refractivity contribution in [3.8, 4) is 0 Å². The normalized spacial score (nSPS) is 12.7. The SMILES string of the molecule is CC(C)(C)C(CO)n1cc(C(=O)O)c(=O)c2cc(NCc3ccc(F)cc3)ccc21. The van der Waals surface area contributed by atoms with E-state index in [-0.39, 0.29) is 28.8 Å². The largest absolute Gasteiger partial charge is 0.477 e. The molecule has 0 amide bonds. The van der Waals surface area contributed by atoms with Crippen molar-refractivity contribution in [3.05, 3.63) is 75.8 Å². The molecule has 0 saturated carbocycles. The van der Waals surface area contributed by atoms with E-state index in [2.05, 4.69) is 5.32 Å². The summed E-state index contributed by atoms with van der Waals surface area (Å²) >= 11 is 0. The van der Waals surface area contributed by atoms with Gasteiger partial charge in [-0.05, 0) is 41.3 Å². The Kier molecular flexibility index (Phi) is 5.94. The number of hydrogen-bond acceptors (Lipinski definition) is 4. The van der Waals surface area contributed by atoms with E-state index in [1.165, 1.54) is 18.3 Å². The molecular formula is C23H25FN2O4. The van der Waals surface area contributed by atoms with Crippen LogP contribution in [0.4, 0.5) is 10.1 Å². The Labute approximate surface area is 173 Å². The number of carboxylic acid groups (broad SMARTS) is 1. The molecule has 0 aliphatic rings. The summed E-state index contributed by atoms with van der Waals surface area (Å²) in [6.45, 7) is 6.04. The summed E-state index contributed by atoms with van der Waals surface area (Å²) in [5, 5.41) is 22.9. The van der Waals surface area contributed by atoms with Gasteiger partial charge >= 0.3 is 5.97 Å². The number of pyridine rings is 1. The fourth-order valence-corrected chi connectivity index (χ4v) is 3.46. The molecule has 0 bridgehead atoms. The van der Waals surface area contributed by atoms with Crippen molar-refractivity contribution < 1.29 is 19.4 Å². The lowest BCUT2D eigenvalue weighted by molar-refractivity contribution is 0.0692. The van der Waals surface area contributed by atoms with Gasteiger partial charge < -0.3 is 20.1 Å². The third-order valence-corrected chi connectivity index (χ3v) is 5.18. The molecule has 1 atom stereocenters. The molecule has 158 valence electrons. The standard InChI is InChI=1S/C23H25FN2O4/c1-23(2,3)20(13-27)26-12-18(22(29)30)21(28)17-10-16(8-9-19(17)26)25-11-14-4-6-15(24)7-5-14/h4-10,12,20,25,27H,11,13H2,1-3H3,(H,29,30). The number of nitrogens with one attached hydrogen (secondary N) is 1. The van der Waals surface area contributed by atoms with Crippen molar-refractivity contribution >= 4 is 22.6 Å². The number of aliphatic hydroxyl groups excluding tert-OH is 1. The van der Waals surface area contributed by atoms with Crippen molar-refractivity contribution in [1.29, 1.82) is 0 Å². The monoisotopic (exact) mass is 412 g/mol. The number of halogens is 1. The highest BCUT2D eigenvalue weighted by Crippen LogP contribution is 2.33. The number of anilines is 1. The number of rotatable bonds is 6. The number of hydrogen-bond donors (Lipinski definition) is 3. The van der Waals surface area contributed by atoms with Crippen LogP contribution in [-0.4, -0.2) is 27.4 Å². The van der Waals surface area contributed by atoms with Gasteiger partial charge in [-0.2, -0.15) is 0 Å². The van der Waals surface area contributed by atoms with Gasteiger partial charge in [0.1, 0.15) is 11.4 Å². The first-order chi connectivity index (χ1) is 14.1. The third-order valence-electron chi connectivity index (χ3n) is 5.18. The number of aliphatic hydroxyl groups is 1. The van der Waals surface area contributed by atoms with Crippen LogP contribution >= 0.6 is 0 Å². The highest BCUT2D eigenvalue weighted by Gasteiger charge is 2.28. The summed E-state index contributed by atoms with van der Waals surface area (Å²) in [5.41, 5.74) is 0.749. The molecule has 0 spiro atoms. The van der Waals surface area contributed by atoms with E-state index in [4.69, 9.17) is 0 Å². The number of fused-ring (bicyclic) bond motifs is 1. The predicted molar refractivity (Wildman–Crippen MR) is 114 cm³/mol. The minimum absolute atomic E-state index is 0.203. The molecule has 0 aliphatic carbocycles. The molecule has 30 heavy (non-hydrogen) atoms. The second-order valence-corrected chi connectivity index (χ2v) is 8.36. The third kappa shape index (κ3) is 4.36. The fraction of sp³-hybridized carbons (Fsp3) is 0.304. The second-order valence-electron chi connectivity index (χ2n) is 8.36. The predicted octanol–water partition coefficient (Wildman–Crippen LogP) is 4.03. The van der Waals surface area contributed by atoms with Crippen LogP contribution in [0.15, 0.2) is 53.5 Å². The molecule has 3 N–H and O–H groups in total. The topological polar surface area (TPSA) is 91.6 Å². The fourth-order valence-electron chi connectivity index (χ4n) is 3.46. The maximum atomic E-state index is 13.1. The maximum absolute atomic E-state index is 13.1. The lowest BCUT2D eigenvalue weighted by Crippen LogP contribution is -2.30. The lowest BCUT2D eigenvalue weighted by Gasteiger charge is -2.32. The van der Waals surface area contributed by atoms with Gasteiger partial charge in [0.2, 0.25) is 5.43 Å². The van der Waals surface area contributed by atoms with Gasteiger partial charge in [-0.25, -0.2) is 9.18 Å². The molecule has 2 aromatic carbocycles. The molecule has 1 heterocycles. The summed E-state index contributed by atoms with van der Waals surface area (Å²) in [5.74, 6) is -1.63. The quantitative estimate of drug-likeness (QED) is 0.569. The number of aromatic carboxylic acids is 1. The summed E-state index contributed by atoms with van der Waals surface area (Å²) in [6, 6.07) is 10.8. The maximum Gasteiger partial charge on any atom is 0.341 e. The Hall–Kier alpha value is -3.19. The zero-order chi connectivity index (χ0) is 22.1. The zero-order valence-corrected chi connectivity index (χ0v) is 17.1. The molecule has 0 radical (unpaired) electrons. The van der Waals surface area contributed by atoms with Gasteiger partial charge in [-0.15, -0.1) is 0 Å². The number of benzene rings is 2. The van der Waals surface area contributed by atoms with Gasteiger partial charge in [0.25, 0.3) is 0 Å². The highest BCUT2D eigenvalue weighted by molar-refractivity contribution is 5.93. The Bertz CT molecular complexity index is 1130. The molecule has 3 rings (SSSR count). The minimum Gasteiger partial charge on any atom is -0.477 e. The second kappa shape index (κ2) is 8.28. The van der Waals surface area contributed by atoms with E-state index in [0.717, 1.165) is 5.56 Å². The van der Waals surface area contributed by atoms with Crippen LogP contribution in [0.5, 0.6) is 0 Å². The van der Waals surface area contributed by atoms with Crippen LogP contribution in [0.1, 0.15) is 42.7 Å². The number of aromatic nitrogens is 1. The highest BCUT2D eigenvalue weighted by atomic mass is 19.1. The summed E-state index contributed by atoms with van der Waals surface area (Å²) < 4.78 is 14.7. The van der Waals surface area contributed by atoms with Crippen LogP contribution in [0.3, 0.4) is 0 Å². The zero-order valence-electron chi connectivity index (χ0n) is 17.1. The molecule has 6 nitrogen and oxygen atoms in total. The van der Waals surface area contributed by atoms with Crippen molar-refractivity contribution in [1.82, 2.24) is 4.57 Å². The number of nitrogens with zero attached hydrogens (tertiary/aromatic N) is 1. The van der Waals surface area contributed by atoms with E-state index >= 15 is 0 Å². The Balaban J connectivity index is 2.09. The number of carboxylic acids is 1. The van der Waals surface area contributed by atoms with Crippen LogP contribution in [0.25, 0.3) is 10.9 Å². The summed E-state index contributed by atoms with van der Waals surface area (Å²) in [7, 11) is 0. The molecule has 1 aromatic heterocycles. The van der Waals surface area contributed by atoms with E-state index in [1.807, 2.05) is 20.8 Å². The number of carbonyl (C=O) groups is 1. The average molecular weight is 412 g/mol. The van der Waals surface area contributed by atoms with Gasteiger partial charge in [-0.1, -0.05) is 32.9 Å². The summed E-state index contributed by atoms with van der Waals surface area (Å²) in [6.07, 6.45) is 1.31. The van der Waals surface area contributed by atoms with Crippen LogP contribution in [-0.2, 0) is 6.54 Å². The molecule has 0 aliphatic heterocycles. The van der Waals surface area contributed by atoms with Crippen molar-refractivity contribution in [2.24, 2.45) is 5.41 Å². The van der Waals surface area contributed by atoms with Crippen molar-refractivity contribution in [2.75, 3.05) is 11.9 Å². The van der Waals surface area contributed by atoms with Gasteiger partial charge in [0.05, 0.1) is 18.2 Å². The van der Waals surface area contributed by atoms with E-state index in [0.29, 0.717) is 17.7 Å². The van der Waals surface area contributed by atoms with E-state index in [1.54, 1.807) is 34.9 Å². The first-order valence-corrected chi connectivity index (χ1v) is 9.63. The first kappa shape index (κ1) is 21.5. The van der Waals surface area contributed by atoms with Crippen molar-refractivity contribution in [3.63, 3.8) is 0 Å². The van der Waals surface area contributed by atoms with Gasteiger partial charge in [0, 0.05) is 23.8 Å². The molecule has 1 unspecified atom stereocenters. The molecule has 7 heteroatoms. The Morgan fingerprint density at radius 1 is 1.17 bits per heavy atom. The van der Waals surface area contributed by atoms with Crippen molar-refractivity contribution in [2.45, 2.75) is 33.4 Å². The van der Waals surface area contributed by atoms with Crippen LogP contribution < -0.4 is 10.7 Å². The molecular weight excluding hydrogens is 387 g/mol. The summed E-state index contributed by atoms with van der Waals surface area (Å²) in [4.78, 5) is 24.5. The average Bonchev–Trinajstić information content (AvgIpc) is 2.68. The van der Waals surface area contributed by atoms with Crippen LogP contribution in [0, 0.1) is 11.2 Å². The Morgan fingerprint density at radius 2 is 1.83 bits per heavy atom. The van der Waals surface area contributed by atoms with Gasteiger partial charge in [0.15, 0.2) is 0 Å². The minimum atomic E-state index is -1.31.